The van der Waals surface area contributed by atoms with Gasteiger partial charge in [-0.05, 0) is 24.3 Å². The molecular formula is C18H12F4N4O2. The Balaban J connectivity index is 1.90. The smallest absolute Gasteiger partial charge is 0.356 e. The molecule has 0 aliphatic carbocycles. The molecule has 2 aromatic carbocycles. The van der Waals surface area contributed by atoms with Crippen LogP contribution in [0.5, 0.6) is 0 Å². The van der Waals surface area contributed by atoms with E-state index in [0.717, 1.165) is 29.5 Å². The fraction of sp³-hybridized carbons (Fsp3) is 0.167. The summed E-state index contributed by atoms with van der Waals surface area (Å²) in [6, 6.07) is 7.95. The van der Waals surface area contributed by atoms with E-state index in [2.05, 4.69) is 15.1 Å². The zero-order chi connectivity index (χ0) is 19.9. The molecule has 2 heterocycles. The number of oxazole rings is 1. The summed E-state index contributed by atoms with van der Waals surface area (Å²) in [6.45, 7) is -0.888. The zero-order valence-electron chi connectivity index (χ0n) is 14.1. The molecule has 6 nitrogen and oxygen atoms in total. The minimum absolute atomic E-state index is 0.0693. The Morgan fingerprint density at radius 1 is 1.11 bits per heavy atom. The number of halogens is 4. The SMILES string of the molecule is OC(Cn1cncn1)(c1ccc(F)cc1F)C(F)(F)c1nc2ccccc2o1. The van der Waals surface area contributed by atoms with Crippen molar-refractivity contribution in [3.05, 3.63) is 78.2 Å². The maximum absolute atomic E-state index is 15.5. The molecule has 0 bridgehead atoms. The Morgan fingerprint density at radius 3 is 2.57 bits per heavy atom. The lowest BCUT2D eigenvalue weighted by Crippen LogP contribution is -2.47. The van der Waals surface area contributed by atoms with Gasteiger partial charge in [-0.1, -0.05) is 12.1 Å². The van der Waals surface area contributed by atoms with Crippen LogP contribution in [0, 0.1) is 11.6 Å². The van der Waals surface area contributed by atoms with Crippen LogP contribution in [-0.2, 0) is 18.1 Å². The van der Waals surface area contributed by atoms with Gasteiger partial charge in [0.15, 0.2) is 11.2 Å². The number of fused-ring (bicyclic) bond motifs is 1. The van der Waals surface area contributed by atoms with E-state index in [4.69, 9.17) is 4.42 Å². The minimum atomic E-state index is -4.20. The third kappa shape index (κ3) is 2.82. The number of aliphatic hydroxyl groups is 1. The third-order valence-electron chi connectivity index (χ3n) is 4.32. The molecule has 0 radical (unpaired) electrons. The number of nitrogens with zero attached hydrogens (tertiary/aromatic N) is 4. The van der Waals surface area contributed by atoms with Gasteiger partial charge in [-0.3, -0.25) is 0 Å². The van der Waals surface area contributed by atoms with Crippen molar-refractivity contribution in [3.8, 4) is 0 Å². The van der Waals surface area contributed by atoms with Crippen LogP contribution in [0.4, 0.5) is 17.6 Å². The summed E-state index contributed by atoms with van der Waals surface area (Å²) in [4.78, 5) is 7.36. The first-order chi connectivity index (χ1) is 13.3. The molecule has 1 N–H and O–H groups in total. The van der Waals surface area contributed by atoms with Crippen molar-refractivity contribution in [1.29, 1.82) is 0 Å². The van der Waals surface area contributed by atoms with Gasteiger partial charge in [0.2, 0.25) is 0 Å². The molecule has 0 spiro atoms. The van der Waals surface area contributed by atoms with Gasteiger partial charge in [0.1, 0.15) is 29.8 Å². The van der Waals surface area contributed by atoms with Crippen LogP contribution in [0.2, 0.25) is 0 Å². The van der Waals surface area contributed by atoms with E-state index in [1.54, 1.807) is 12.1 Å². The predicted octanol–water partition coefficient (Wildman–Crippen LogP) is 3.38. The summed E-state index contributed by atoms with van der Waals surface area (Å²) in [5, 5.41) is 14.7. The summed E-state index contributed by atoms with van der Waals surface area (Å²) in [6.07, 6.45) is 2.15. The van der Waals surface area contributed by atoms with E-state index in [-0.39, 0.29) is 11.1 Å². The monoisotopic (exact) mass is 392 g/mol. The van der Waals surface area contributed by atoms with Crippen molar-refractivity contribution in [3.63, 3.8) is 0 Å². The molecular weight excluding hydrogens is 380 g/mol. The molecule has 0 fully saturated rings. The van der Waals surface area contributed by atoms with Crippen LogP contribution >= 0.6 is 0 Å². The number of aromatic nitrogens is 4. The second-order valence-corrected chi connectivity index (χ2v) is 6.14. The average Bonchev–Trinajstić information content (AvgIpc) is 3.30. The molecule has 1 unspecified atom stereocenters. The third-order valence-corrected chi connectivity index (χ3v) is 4.32. The summed E-state index contributed by atoms with van der Waals surface area (Å²) in [5.74, 6) is -7.63. The molecule has 0 amide bonds. The van der Waals surface area contributed by atoms with Crippen molar-refractivity contribution >= 4 is 11.1 Å². The number of rotatable bonds is 5. The van der Waals surface area contributed by atoms with Gasteiger partial charge in [0.05, 0.1) is 6.54 Å². The zero-order valence-corrected chi connectivity index (χ0v) is 14.1. The average molecular weight is 392 g/mol. The Kier molecular flexibility index (Phi) is 4.15. The predicted molar refractivity (Wildman–Crippen MR) is 88.2 cm³/mol. The van der Waals surface area contributed by atoms with Crippen molar-refractivity contribution in [1.82, 2.24) is 19.7 Å². The number of hydrogen-bond acceptors (Lipinski definition) is 5. The number of alkyl halides is 2. The molecule has 4 aromatic rings. The molecule has 4 rings (SSSR count). The van der Waals surface area contributed by atoms with Gasteiger partial charge in [0, 0.05) is 11.6 Å². The van der Waals surface area contributed by atoms with E-state index in [0.29, 0.717) is 6.07 Å². The molecule has 1 atom stereocenters. The lowest BCUT2D eigenvalue weighted by atomic mass is 9.86. The maximum atomic E-state index is 15.5. The molecule has 28 heavy (non-hydrogen) atoms. The number of hydrogen-bond donors (Lipinski definition) is 1. The number of benzene rings is 2. The Labute approximate surface area is 155 Å². The van der Waals surface area contributed by atoms with Crippen molar-refractivity contribution in [2.45, 2.75) is 18.1 Å². The lowest BCUT2D eigenvalue weighted by molar-refractivity contribution is -0.216. The van der Waals surface area contributed by atoms with Crippen LogP contribution < -0.4 is 0 Å². The van der Waals surface area contributed by atoms with Crippen molar-refractivity contribution in [2.24, 2.45) is 0 Å². The standard InChI is InChI=1S/C18H12F4N4O2/c19-11-5-6-12(13(20)7-11)17(27,8-26-10-23-9-24-26)18(21,22)16-25-14-3-1-2-4-15(14)28-16/h1-7,9-10,27H,8H2. The van der Waals surface area contributed by atoms with E-state index in [1.165, 1.54) is 12.1 Å². The minimum Gasteiger partial charge on any atom is -0.435 e. The van der Waals surface area contributed by atoms with Gasteiger partial charge in [-0.15, -0.1) is 0 Å². The first kappa shape index (κ1) is 18.1. The first-order valence-electron chi connectivity index (χ1n) is 8.05. The highest BCUT2D eigenvalue weighted by atomic mass is 19.3. The highest BCUT2D eigenvalue weighted by Gasteiger charge is 2.60. The fourth-order valence-corrected chi connectivity index (χ4v) is 2.91. The second-order valence-electron chi connectivity index (χ2n) is 6.14. The second kappa shape index (κ2) is 6.41. The van der Waals surface area contributed by atoms with E-state index in [9.17, 15) is 13.9 Å². The van der Waals surface area contributed by atoms with E-state index in [1.807, 2.05) is 0 Å². The molecule has 0 aliphatic rings. The molecule has 0 aliphatic heterocycles. The normalized spacial score (nSPS) is 14.3. The molecule has 0 saturated heterocycles. The van der Waals surface area contributed by atoms with Gasteiger partial charge >= 0.3 is 5.92 Å². The topological polar surface area (TPSA) is 77.0 Å². The number of para-hydroxylation sites is 2. The van der Waals surface area contributed by atoms with Gasteiger partial charge in [-0.2, -0.15) is 13.9 Å². The molecule has 10 heteroatoms. The summed E-state index contributed by atoms with van der Waals surface area (Å²) >= 11 is 0. The van der Waals surface area contributed by atoms with E-state index >= 15 is 8.78 Å². The van der Waals surface area contributed by atoms with Gasteiger partial charge in [-0.25, -0.2) is 23.4 Å². The molecule has 0 saturated carbocycles. The first-order valence-corrected chi connectivity index (χ1v) is 8.05. The van der Waals surface area contributed by atoms with Crippen LogP contribution in [0.25, 0.3) is 11.1 Å². The maximum Gasteiger partial charge on any atom is 0.356 e. The molecule has 144 valence electrons. The summed E-state index contributed by atoms with van der Waals surface area (Å²) in [7, 11) is 0. The van der Waals surface area contributed by atoms with Gasteiger partial charge in [0.25, 0.3) is 5.89 Å². The van der Waals surface area contributed by atoms with Gasteiger partial charge < -0.3 is 9.52 Å². The Bertz CT molecular complexity index is 1100. The summed E-state index contributed by atoms with van der Waals surface area (Å²) in [5.41, 5.74) is -3.82. The van der Waals surface area contributed by atoms with Crippen LogP contribution in [-0.4, -0.2) is 24.9 Å². The molecule has 2 aromatic heterocycles. The highest BCUT2D eigenvalue weighted by molar-refractivity contribution is 5.72. The van der Waals surface area contributed by atoms with Crippen LogP contribution in [0.15, 0.2) is 59.5 Å². The van der Waals surface area contributed by atoms with Crippen molar-refractivity contribution in [2.75, 3.05) is 0 Å². The highest BCUT2D eigenvalue weighted by Crippen LogP contribution is 2.47. The Hall–Kier alpha value is -3.27. The van der Waals surface area contributed by atoms with Crippen LogP contribution in [0.3, 0.4) is 0 Å². The Morgan fingerprint density at radius 2 is 1.89 bits per heavy atom. The quantitative estimate of drug-likeness (QED) is 0.527. The fourth-order valence-electron chi connectivity index (χ4n) is 2.91. The van der Waals surface area contributed by atoms with Crippen LogP contribution in [0.1, 0.15) is 11.5 Å². The van der Waals surface area contributed by atoms with Crippen molar-refractivity contribution < 1.29 is 27.1 Å². The largest absolute Gasteiger partial charge is 0.435 e. The summed E-state index contributed by atoms with van der Waals surface area (Å²) < 4.78 is 64.7. The lowest BCUT2D eigenvalue weighted by Gasteiger charge is -2.34. The van der Waals surface area contributed by atoms with E-state index < -0.39 is 41.2 Å².